The van der Waals surface area contributed by atoms with E-state index in [-0.39, 0.29) is 44.9 Å². The van der Waals surface area contributed by atoms with Crippen LogP contribution in [-0.4, -0.2) is 92.7 Å². The maximum atomic E-state index is 13.0. The zero-order valence-electron chi connectivity index (χ0n) is 42.0. The third kappa shape index (κ3) is 9.77. The van der Waals surface area contributed by atoms with Gasteiger partial charge in [0, 0.05) is 23.7 Å². The summed E-state index contributed by atoms with van der Waals surface area (Å²) in [6.45, 7) is 10.8. The predicted octanol–water partition coefficient (Wildman–Crippen LogP) is 7.83. The van der Waals surface area contributed by atoms with Gasteiger partial charge in [-0.1, -0.05) is 30.6 Å². The fourth-order valence-electron chi connectivity index (χ4n) is 12.2. The highest BCUT2D eigenvalue weighted by atomic mass is 16.7. The van der Waals surface area contributed by atoms with Crippen LogP contribution < -0.4 is 26.1 Å². The first-order valence-corrected chi connectivity index (χ1v) is 24.9. The molecule has 1 aromatic heterocycles. The van der Waals surface area contributed by atoms with Crippen LogP contribution in [0.2, 0.25) is 0 Å². The van der Waals surface area contributed by atoms with Gasteiger partial charge in [-0.25, -0.2) is 9.59 Å². The largest absolute Gasteiger partial charge is 0.508 e. The van der Waals surface area contributed by atoms with Gasteiger partial charge in [0.15, 0.2) is 29.2 Å². The number of rotatable bonds is 10. The number of aliphatic hydroxyl groups is 3. The smallest absolute Gasteiger partial charge is 0.404 e. The number of amides is 2. The van der Waals surface area contributed by atoms with Crippen LogP contribution in [0.3, 0.4) is 0 Å². The number of phenolic OH excluding ortho intramolecular Hbond substituents is 1. The molecule has 3 saturated carbocycles. The van der Waals surface area contributed by atoms with Crippen molar-refractivity contribution >= 4 is 28.7 Å². The molecule has 2 heterocycles. The van der Waals surface area contributed by atoms with Crippen molar-refractivity contribution in [3.05, 3.63) is 98.4 Å². The van der Waals surface area contributed by atoms with Gasteiger partial charge in [0.2, 0.25) is 6.29 Å². The highest BCUT2D eigenvalue weighted by molar-refractivity contribution is 6.06. The molecule has 9 rings (SSSR count). The molecule has 16 heteroatoms. The van der Waals surface area contributed by atoms with Crippen molar-refractivity contribution in [1.29, 1.82) is 0 Å². The van der Waals surface area contributed by atoms with E-state index in [2.05, 4.69) is 36.4 Å². The van der Waals surface area contributed by atoms with E-state index in [9.17, 15) is 39.9 Å². The van der Waals surface area contributed by atoms with Gasteiger partial charge in [0.1, 0.15) is 28.9 Å². The minimum absolute atomic E-state index is 0.0183. The highest BCUT2D eigenvalue weighted by Crippen LogP contribution is 2.64. The molecule has 10 atom stereocenters. The third-order valence-electron chi connectivity index (χ3n) is 16.1. The van der Waals surface area contributed by atoms with E-state index >= 15 is 0 Å². The predicted molar refractivity (Wildman–Crippen MR) is 268 cm³/mol. The quantitative estimate of drug-likeness (QED) is 0.0455. The Morgan fingerprint density at radius 3 is 2.42 bits per heavy atom. The number of primary amides is 1. The lowest BCUT2D eigenvalue weighted by Crippen LogP contribution is -2.65. The van der Waals surface area contributed by atoms with Crippen LogP contribution in [0.1, 0.15) is 125 Å². The monoisotopic (exact) mass is 992 g/mol. The number of carbonyl (C=O) groups is 2. The molecule has 2 amide bonds. The highest BCUT2D eigenvalue weighted by Gasteiger charge is 2.65. The molecule has 1 saturated heterocycles. The van der Waals surface area contributed by atoms with Gasteiger partial charge in [-0.3, -0.25) is 4.79 Å². The van der Waals surface area contributed by atoms with Gasteiger partial charge < -0.3 is 64.7 Å². The van der Waals surface area contributed by atoms with Crippen molar-refractivity contribution < 1.29 is 63.2 Å². The van der Waals surface area contributed by atoms with E-state index in [1.165, 1.54) is 74.3 Å². The number of nitrogens with one attached hydrogen (secondary N) is 1. The number of carbonyl (C=O) groups excluding carboxylic acids is 2. The zero-order valence-corrected chi connectivity index (χ0v) is 42.0. The maximum absolute atomic E-state index is 13.0. The van der Waals surface area contributed by atoms with Gasteiger partial charge in [0.25, 0.3) is 5.91 Å². The summed E-state index contributed by atoms with van der Waals surface area (Å²) < 4.78 is 34.1. The Hall–Kier alpha value is -6.09. The van der Waals surface area contributed by atoms with Gasteiger partial charge in [-0.15, -0.1) is 6.42 Å². The van der Waals surface area contributed by atoms with Crippen molar-refractivity contribution in [3.63, 3.8) is 0 Å². The number of aryl methyl sites for hydroxylation is 2. The van der Waals surface area contributed by atoms with Crippen molar-refractivity contribution in [1.82, 2.24) is 0 Å². The Morgan fingerprint density at radius 1 is 1.00 bits per heavy atom. The average molecular weight is 993 g/mol. The minimum atomic E-state index is -1.52. The molecule has 0 unspecified atom stereocenters. The molecular weight excluding hydrogens is 925 g/mol. The number of hydrogen-bond donors (Lipinski definition) is 7. The van der Waals surface area contributed by atoms with E-state index in [1.54, 1.807) is 20.8 Å². The number of benzene rings is 3. The molecule has 5 aliphatic rings. The fraction of sp³-hybridized carbons (Fsp3) is 0.518. The van der Waals surface area contributed by atoms with Crippen molar-refractivity contribution in [2.45, 2.75) is 160 Å². The van der Waals surface area contributed by atoms with Gasteiger partial charge in [0.05, 0.1) is 23.2 Å². The summed E-state index contributed by atoms with van der Waals surface area (Å²) in [7, 11) is 1.37. The molecule has 16 nitrogen and oxygen atoms in total. The lowest BCUT2D eigenvalue weighted by atomic mass is 9.53. The molecule has 1 aliphatic heterocycles. The van der Waals surface area contributed by atoms with Crippen LogP contribution in [0.25, 0.3) is 11.0 Å². The first-order chi connectivity index (χ1) is 34.1. The maximum Gasteiger partial charge on any atom is 0.404 e. The molecule has 8 N–H and O–H groups in total. The second-order valence-corrected chi connectivity index (χ2v) is 21.1. The van der Waals surface area contributed by atoms with Crippen LogP contribution in [0, 0.1) is 36.5 Å². The molecule has 0 spiro atoms. The Bertz CT molecular complexity index is 2840. The number of aromatic hydroxyl groups is 2. The number of nitrogens with two attached hydrogens (primary N) is 1. The SMILES string of the molecule is C#C[C@]1(O)[C@H](O)C[C@H]2[C@@H]3CCc4cc(OC5CCCC5)ccc4[C@H]3CC[C@@]21C.CO[C@@H]1[C@@H](OC(N)=O)[C@@H](O)[C@H](Oc2ccc3c(O)c(NC(=O)c4ccc(O)c(CC=C(C)C)c4)c(=O)oc3c2C)OC1(C)C. The third-order valence-corrected chi connectivity index (χ3v) is 16.1. The molecule has 386 valence electrons. The summed E-state index contributed by atoms with van der Waals surface area (Å²) >= 11 is 0. The first kappa shape index (κ1) is 52.2. The van der Waals surface area contributed by atoms with Crippen molar-refractivity contribution in [2.24, 2.45) is 23.0 Å². The summed E-state index contributed by atoms with van der Waals surface area (Å²) in [6.07, 6.45) is 11.1. The number of ether oxygens (including phenoxy) is 5. The first-order valence-electron chi connectivity index (χ1n) is 24.9. The Labute approximate surface area is 419 Å². The molecule has 4 aliphatic carbocycles. The average Bonchev–Trinajstić information content (AvgIpc) is 3.92. The minimum Gasteiger partial charge on any atom is -0.508 e. The normalized spacial score (nSPS) is 29.3. The lowest BCUT2D eigenvalue weighted by Gasteiger charge is -2.52. The Balaban J connectivity index is 0.000000211. The van der Waals surface area contributed by atoms with Gasteiger partial charge in [-0.2, -0.15) is 0 Å². The molecular formula is C56H68N2O14. The molecule has 4 fully saturated rings. The number of anilines is 1. The standard InChI is InChI=1S/C31H36N2O11.C25H32O3/c1-14(2)7-8-16-13-17(9-11-19(16)34)27(37)33-21-22(35)18-10-12-20(15(3)24(18)42-28(21)38)41-29-23(36)25(43-30(32)39)26(40-6)31(4,5)44-29;1-3-25(27)23(26)15-22-21-10-8-16-14-18(28-17-6-4-5-7-17)9-11-19(16)20(21)12-13-24(22,25)2/h7,9-13,23,25-26,29,34-36H,8H2,1-6H3,(H2,32,39)(H,33,37);1,9,11,14,17,20-23,26-27H,4-8,10,12-13,15H2,2H3/t23-,25+,26-,29-;20-,21-,22+,23-,24+,25+/m11/s1. The number of fused-ring (bicyclic) bond motifs is 6. The summed E-state index contributed by atoms with van der Waals surface area (Å²) in [5.74, 6) is 3.80. The fourth-order valence-corrected chi connectivity index (χ4v) is 12.2. The second-order valence-electron chi connectivity index (χ2n) is 21.1. The van der Waals surface area contributed by atoms with E-state index in [1.807, 2.05) is 19.9 Å². The number of allylic oxidation sites excluding steroid dienone is 2. The van der Waals surface area contributed by atoms with E-state index in [4.69, 9.17) is 40.3 Å². The van der Waals surface area contributed by atoms with Gasteiger partial charge >= 0.3 is 11.7 Å². The van der Waals surface area contributed by atoms with E-state index in [0.717, 1.165) is 37.0 Å². The van der Waals surface area contributed by atoms with Crippen molar-refractivity contribution in [2.75, 3.05) is 12.4 Å². The molecule has 0 bridgehead atoms. The Kier molecular flexibility index (Phi) is 14.8. The summed E-state index contributed by atoms with van der Waals surface area (Å²) in [5.41, 5.74) is 5.66. The number of phenols is 1. The van der Waals surface area contributed by atoms with Gasteiger partial charge in [-0.05, 0) is 176 Å². The van der Waals surface area contributed by atoms with E-state index < -0.39 is 71.0 Å². The van der Waals surface area contributed by atoms with Crippen LogP contribution in [0.4, 0.5) is 10.5 Å². The number of hydrogen-bond acceptors (Lipinski definition) is 14. The van der Waals surface area contributed by atoms with Crippen LogP contribution in [0.5, 0.6) is 23.0 Å². The number of terminal acetylenes is 1. The van der Waals surface area contributed by atoms with E-state index in [0.29, 0.717) is 36.3 Å². The molecule has 4 aromatic rings. The summed E-state index contributed by atoms with van der Waals surface area (Å²) in [6, 6.07) is 13.8. The molecule has 0 radical (unpaired) electrons. The van der Waals surface area contributed by atoms with Crippen LogP contribution in [-0.2, 0) is 27.1 Å². The zero-order chi connectivity index (χ0) is 52.0. The Morgan fingerprint density at radius 2 is 1.74 bits per heavy atom. The lowest BCUT2D eigenvalue weighted by molar-refractivity contribution is -0.304. The number of methoxy groups -OCH3 is 1. The van der Waals surface area contributed by atoms with Crippen LogP contribution >= 0.6 is 0 Å². The molecule has 3 aromatic carbocycles. The van der Waals surface area contributed by atoms with Crippen LogP contribution in [0.15, 0.2) is 69.4 Å². The summed E-state index contributed by atoms with van der Waals surface area (Å²) in [5, 5.41) is 56.3. The summed E-state index contributed by atoms with van der Waals surface area (Å²) in [4.78, 5) is 37.5. The molecule has 72 heavy (non-hydrogen) atoms. The number of aliphatic hydroxyl groups excluding tert-OH is 2. The topological polar surface area (TPSA) is 250 Å². The second kappa shape index (κ2) is 20.4. The van der Waals surface area contributed by atoms with Crippen molar-refractivity contribution in [3.8, 4) is 35.3 Å².